The summed E-state index contributed by atoms with van der Waals surface area (Å²) < 4.78 is 5.30. The number of ether oxygens (including phenoxy) is 1. The molecular formula is C13H15N3O3S. The van der Waals surface area contributed by atoms with Crippen LogP contribution >= 0.6 is 11.3 Å². The summed E-state index contributed by atoms with van der Waals surface area (Å²) in [6.07, 6.45) is 1.77. The minimum Gasteiger partial charge on any atom is -0.487 e. The summed E-state index contributed by atoms with van der Waals surface area (Å²) in [7, 11) is 0. The number of hydrogen-bond donors (Lipinski definition) is 1. The van der Waals surface area contributed by atoms with E-state index in [4.69, 9.17) is 4.74 Å². The number of nitrogens with zero attached hydrogens (tertiary/aromatic N) is 2. The van der Waals surface area contributed by atoms with Crippen LogP contribution in [0.3, 0.4) is 0 Å². The van der Waals surface area contributed by atoms with Gasteiger partial charge >= 0.3 is 5.69 Å². The summed E-state index contributed by atoms with van der Waals surface area (Å²) in [5, 5.41) is 15.3. The highest BCUT2D eigenvalue weighted by Gasteiger charge is 2.20. The van der Waals surface area contributed by atoms with E-state index in [-0.39, 0.29) is 11.4 Å². The van der Waals surface area contributed by atoms with Crippen LogP contribution in [-0.4, -0.2) is 16.5 Å². The summed E-state index contributed by atoms with van der Waals surface area (Å²) in [5.74, 6) is 0.281. The zero-order valence-electron chi connectivity index (χ0n) is 11.3. The molecule has 0 radical (unpaired) electrons. The molecule has 2 aromatic rings. The van der Waals surface area contributed by atoms with Crippen molar-refractivity contribution in [3.63, 3.8) is 0 Å². The molecule has 0 unspecified atom stereocenters. The molecule has 0 saturated heterocycles. The molecule has 0 fully saturated rings. The molecule has 2 rings (SSSR count). The van der Waals surface area contributed by atoms with Crippen molar-refractivity contribution >= 4 is 22.7 Å². The van der Waals surface area contributed by atoms with Gasteiger partial charge in [0, 0.05) is 11.1 Å². The second-order valence-electron chi connectivity index (χ2n) is 4.04. The first-order valence-corrected chi connectivity index (χ1v) is 6.99. The van der Waals surface area contributed by atoms with E-state index in [2.05, 4.69) is 10.3 Å². The van der Waals surface area contributed by atoms with Gasteiger partial charge in [-0.25, -0.2) is 4.98 Å². The number of nitro groups is 1. The second kappa shape index (κ2) is 6.33. The van der Waals surface area contributed by atoms with Crippen molar-refractivity contribution in [2.45, 2.75) is 20.4 Å². The highest BCUT2D eigenvalue weighted by molar-refractivity contribution is 7.11. The Hall–Kier alpha value is -2.15. The van der Waals surface area contributed by atoms with Gasteiger partial charge in [-0.1, -0.05) is 6.07 Å². The van der Waals surface area contributed by atoms with Gasteiger partial charge in [0.2, 0.25) is 0 Å². The number of nitrogens with one attached hydrogen (secondary N) is 1. The van der Waals surface area contributed by atoms with Crippen molar-refractivity contribution in [3.8, 4) is 5.75 Å². The molecule has 0 spiro atoms. The molecule has 0 atom stereocenters. The Morgan fingerprint density at radius 1 is 1.50 bits per heavy atom. The minimum absolute atomic E-state index is 0.0319. The van der Waals surface area contributed by atoms with E-state index >= 15 is 0 Å². The maximum atomic E-state index is 11.2. The van der Waals surface area contributed by atoms with Crippen molar-refractivity contribution < 1.29 is 9.66 Å². The lowest BCUT2D eigenvalue weighted by atomic mass is 10.2. The van der Waals surface area contributed by atoms with E-state index in [0.717, 1.165) is 9.88 Å². The van der Waals surface area contributed by atoms with Gasteiger partial charge in [0.15, 0.2) is 5.75 Å². The predicted octanol–water partition coefficient (Wildman–Crippen LogP) is 3.37. The van der Waals surface area contributed by atoms with Crippen LogP contribution in [0.2, 0.25) is 0 Å². The van der Waals surface area contributed by atoms with Gasteiger partial charge in [-0.2, -0.15) is 0 Å². The van der Waals surface area contributed by atoms with E-state index in [9.17, 15) is 10.1 Å². The summed E-state index contributed by atoms with van der Waals surface area (Å²) in [6.45, 7) is 4.61. The zero-order chi connectivity index (χ0) is 14.5. The summed E-state index contributed by atoms with van der Waals surface area (Å²) in [4.78, 5) is 16.0. The van der Waals surface area contributed by atoms with Crippen LogP contribution in [-0.2, 0) is 6.54 Å². The molecule has 0 bridgehead atoms. The van der Waals surface area contributed by atoms with Crippen molar-refractivity contribution in [3.05, 3.63) is 44.4 Å². The topological polar surface area (TPSA) is 77.3 Å². The van der Waals surface area contributed by atoms with Crippen LogP contribution < -0.4 is 10.1 Å². The summed E-state index contributed by atoms with van der Waals surface area (Å²) in [5.41, 5.74) is 0.419. The normalized spacial score (nSPS) is 10.3. The number of nitro benzene ring substituents is 1. The molecule has 1 aromatic carbocycles. The van der Waals surface area contributed by atoms with Gasteiger partial charge in [0.05, 0.1) is 23.1 Å². The third kappa shape index (κ3) is 3.24. The van der Waals surface area contributed by atoms with E-state index in [0.29, 0.717) is 18.8 Å². The fourth-order valence-electron chi connectivity index (χ4n) is 1.79. The van der Waals surface area contributed by atoms with Gasteiger partial charge in [-0.05, 0) is 26.0 Å². The lowest BCUT2D eigenvalue weighted by Crippen LogP contribution is -2.04. The molecule has 0 saturated carbocycles. The molecule has 6 nitrogen and oxygen atoms in total. The van der Waals surface area contributed by atoms with Crippen LogP contribution in [0.25, 0.3) is 0 Å². The van der Waals surface area contributed by atoms with Crippen LogP contribution in [0.1, 0.15) is 16.8 Å². The minimum atomic E-state index is -0.425. The molecule has 0 aliphatic carbocycles. The number of aryl methyl sites for hydroxylation is 1. The van der Waals surface area contributed by atoms with Crippen molar-refractivity contribution in [2.75, 3.05) is 11.9 Å². The molecule has 1 aromatic heterocycles. The molecular weight excluding hydrogens is 278 g/mol. The smallest absolute Gasteiger partial charge is 0.333 e. The lowest BCUT2D eigenvalue weighted by molar-refractivity contribution is -0.384. The number of aromatic nitrogens is 1. The van der Waals surface area contributed by atoms with Crippen molar-refractivity contribution in [1.29, 1.82) is 0 Å². The average molecular weight is 293 g/mol. The predicted molar refractivity (Wildman–Crippen MR) is 78.4 cm³/mol. The summed E-state index contributed by atoms with van der Waals surface area (Å²) >= 11 is 1.56. The number of thiazole rings is 1. The fourth-order valence-corrected chi connectivity index (χ4v) is 2.53. The van der Waals surface area contributed by atoms with Gasteiger partial charge in [-0.15, -0.1) is 11.3 Å². The van der Waals surface area contributed by atoms with E-state index in [1.165, 1.54) is 0 Å². The highest BCUT2D eigenvalue weighted by atomic mass is 32.1. The van der Waals surface area contributed by atoms with E-state index in [1.807, 2.05) is 6.92 Å². The Labute approximate surface area is 120 Å². The number of para-hydroxylation sites is 1. The molecule has 20 heavy (non-hydrogen) atoms. The Balaban J connectivity index is 2.22. The number of hydrogen-bond acceptors (Lipinski definition) is 6. The van der Waals surface area contributed by atoms with Crippen molar-refractivity contribution in [2.24, 2.45) is 0 Å². The number of rotatable bonds is 6. The standard InChI is InChI=1S/C13H15N3O3S/c1-3-19-12-6-4-5-11(13(12)16(17)18)15-8-10-7-14-9(2)20-10/h4-7,15H,3,8H2,1-2H3. The first kappa shape index (κ1) is 14.3. The molecule has 0 aliphatic heterocycles. The molecule has 1 heterocycles. The monoisotopic (exact) mass is 293 g/mol. The van der Waals surface area contributed by atoms with Gasteiger partial charge < -0.3 is 10.1 Å². The van der Waals surface area contributed by atoms with Crippen molar-refractivity contribution in [1.82, 2.24) is 4.98 Å². The summed E-state index contributed by atoms with van der Waals surface area (Å²) in [6, 6.07) is 5.01. The molecule has 1 N–H and O–H groups in total. The third-order valence-corrected chi connectivity index (χ3v) is 3.52. The number of benzene rings is 1. The first-order valence-electron chi connectivity index (χ1n) is 6.17. The fraction of sp³-hybridized carbons (Fsp3) is 0.308. The molecule has 7 heteroatoms. The zero-order valence-corrected chi connectivity index (χ0v) is 12.1. The molecule has 0 aliphatic rings. The van der Waals surface area contributed by atoms with Gasteiger partial charge in [-0.3, -0.25) is 10.1 Å². The van der Waals surface area contributed by atoms with E-state index in [1.54, 1.807) is 42.7 Å². The first-order chi connectivity index (χ1) is 9.61. The van der Waals surface area contributed by atoms with Gasteiger partial charge in [0.25, 0.3) is 0 Å². The Morgan fingerprint density at radius 2 is 2.30 bits per heavy atom. The molecule has 106 valence electrons. The SMILES string of the molecule is CCOc1cccc(NCc2cnc(C)s2)c1[N+](=O)[O-]. The maximum absolute atomic E-state index is 11.2. The van der Waals surface area contributed by atoms with Crippen LogP contribution in [0.15, 0.2) is 24.4 Å². The van der Waals surface area contributed by atoms with E-state index < -0.39 is 4.92 Å². The van der Waals surface area contributed by atoms with Crippen LogP contribution in [0.5, 0.6) is 5.75 Å². The quantitative estimate of drug-likeness (QED) is 0.652. The Morgan fingerprint density at radius 3 is 2.90 bits per heavy atom. The van der Waals surface area contributed by atoms with Gasteiger partial charge in [0.1, 0.15) is 5.69 Å². The highest BCUT2D eigenvalue weighted by Crippen LogP contribution is 2.35. The van der Waals surface area contributed by atoms with Crippen LogP contribution in [0, 0.1) is 17.0 Å². The Kier molecular flexibility index (Phi) is 4.52. The average Bonchev–Trinajstić information content (AvgIpc) is 2.82. The number of anilines is 1. The van der Waals surface area contributed by atoms with Crippen LogP contribution in [0.4, 0.5) is 11.4 Å². The maximum Gasteiger partial charge on any atom is 0.333 e. The lowest BCUT2D eigenvalue weighted by Gasteiger charge is -2.09. The second-order valence-corrected chi connectivity index (χ2v) is 5.36. The third-order valence-electron chi connectivity index (χ3n) is 2.60. The largest absolute Gasteiger partial charge is 0.487 e. The Bertz CT molecular complexity index is 613. The molecule has 0 amide bonds.